The van der Waals surface area contributed by atoms with E-state index in [1.165, 1.54) is 0 Å². The van der Waals surface area contributed by atoms with Crippen LogP contribution in [0.3, 0.4) is 0 Å². The summed E-state index contributed by atoms with van der Waals surface area (Å²) in [7, 11) is 0. The van der Waals surface area contributed by atoms with Crippen molar-refractivity contribution in [3.63, 3.8) is 0 Å². The fourth-order valence-electron chi connectivity index (χ4n) is 0.105. The van der Waals surface area contributed by atoms with Gasteiger partial charge in [0, 0.05) is 0 Å². The van der Waals surface area contributed by atoms with Crippen molar-refractivity contribution in [3.8, 4) is 0 Å². The van der Waals surface area contributed by atoms with Gasteiger partial charge in [-0.1, -0.05) is 13.8 Å². The minimum Gasteiger partial charge on any atom is -0.301 e. The van der Waals surface area contributed by atoms with Crippen LogP contribution in [0.2, 0.25) is 0 Å². The Morgan fingerprint density at radius 2 is 2.14 bits per heavy atom. The van der Waals surface area contributed by atoms with Crippen LogP contribution < -0.4 is 0 Å². The van der Waals surface area contributed by atoms with E-state index in [0.29, 0.717) is 0 Å². The van der Waals surface area contributed by atoms with Gasteiger partial charge in [-0.15, -0.1) is 0 Å². The third-order valence-corrected chi connectivity index (χ3v) is 0.561. The summed E-state index contributed by atoms with van der Waals surface area (Å²) < 4.78 is 0. The van der Waals surface area contributed by atoms with Crippen LogP contribution in [0.1, 0.15) is 13.8 Å². The molecule has 0 heterocycles. The molecule has 0 unspecified atom stereocenters. The Bertz CT molecular complexity index is 67.3. The quantitative estimate of drug-likeness (QED) is 0.392. The van der Waals surface area contributed by atoms with Crippen LogP contribution in [0.4, 0.5) is 0 Å². The van der Waals surface area contributed by atoms with Crippen molar-refractivity contribution in [3.05, 3.63) is 0 Å². The molecule has 0 aliphatic heterocycles. The Kier molecular flexibility index (Phi) is 2.37. The molecule has 0 saturated carbocycles. The van der Waals surface area contributed by atoms with Gasteiger partial charge >= 0.3 is 5.97 Å². The van der Waals surface area contributed by atoms with Crippen molar-refractivity contribution < 1.29 is 14.9 Å². The molecule has 0 amide bonds. The van der Waals surface area contributed by atoms with Crippen molar-refractivity contribution in [2.24, 2.45) is 5.92 Å². The first-order valence-electron chi connectivity index (χ1n) is 2.03. The fourth-order valence-corrected chi connectivity index (χ4v) is 0.105. The Morgan fingerprint density at radius 3 is 2.14 bits per heavy atom. The molecule has 0 fully saturated rings. The van der Waals surface area contributed by atoms with Crippen LogP contribution in [-0.4, -0.2) is 11.2 Å². The van der Waals surface area contributed by atoms with Gasteiger partial charge in [-0.05, 0) is 0 Å². The minimum absolute atomic E-state index is 0.245. The molecular weight excluding hydrogens is 96.0 g/mol. The summed E-state index contributed by atoms with van der Waals surface area (Å²) in [4.78, 5) is 13.4. The van der Waals surface area contributed by atoms with Gasteiger partial charge in [0.05, 0.1) is 5.92 Å². The van der Waals surface area contributed by atoms with Crippen LogP contribution in [0.5, 0.6) is 0 Å². The van der Waals surface area contributed by atoms with E-state index in [0.717, 1.165) is 0 Å². The maximum absolute atomic E-state index is 10.0. The second-order valence-electron chi connectivity index (χ2n) is 1.57. The molecule has 0 rings (SSSR count). The largest absolute Gasteiger partial charge is 0.344 e. The molecule has 7 heavy (non-hydrogen) atoms. The molecule has 0 atom stereocenters. The molecular formula is C4H8O3. The smallest absolute Gasteiger partial charge is 0.301 e. The van der Waals surface area contributed by atoms with Gasteiger partial charge < -0.3 is 4.89 Å². The van der Waals surface area contributed by atoms with Crippen molar-refractivity contribution >= 4 is 5.97 Å². The van der Waals surface area contributed by atoms with Gasteiger partial charge in [-0.2, -0.15) is 5.26 Å². The van der Waals surface area contributed by atoms with Gasteiger partial charge in [-0.25, -0.2) is 4.79 Å². The van der Waals surface area contributed by atoms with E-state index in [2.05, 4.69) is 4.89 Å². The highest BCUT2D eigenvalue weighted by Crippen LogP contribution is 1.91. The summed E-state index contributed by atoms with van der Waals surface area (Å²) in [6, 6.07) is 0. The standard InChI is InChI=1S/C4H8O3/c1-3(2)4(5)7-6/h3,6H,1-2H3. The Labute approximate surface area is 41.8 Å². The molecule has 0 bridgehead atoms. The molecule has 0 aliphatic carbocycles. The summed E-state index contributed by atoms with van der Waals surface area (Å²) in [5.74, 6) is -0.843. The number of hydrogen-bond donors (Lipinski definition) is 1. The zero-order valence-electron chi connectivity index (χ0n) is 4.34. The molecule has 0 aromatic carbocycles. The first-order valence-corrected chi connectivity index (χ1v) is 2.03. The Morgan fingerprint density at radius 1 is 1.71 bits per heavy atom. The van der Waals surface area contributed by atoms with E-state index in [9.17, 15) is 4.79 Å². The van der Waals surface area contributed by atoms with Crippen molar-refractivity contribution in [2.45, 2.75) is 13.8 Å². The minimum atomic E-state index is -0.597. The molecule has 0 aromatic heterocycles. The molecule has 3 nitrogen and oxygen atoms in total. The number of carbonyl (C=O) groups is 1. The summed E-state index contributed by atoms with van der Waals surface area (Å²) in [6.07, 6.45) is 0. The van der Waals surface area contributed by atoms with Crippen molar-refractivity contribution in [1.29, 1.82) is 0 Å². The van der Waals surface area contributed by atoms with Crippen molar-refractivity contribution in [1.82, 2.24) is 0 Å². The molecule has 0 saturated heterocycles. The lowest BCUT2D eigenvalue weighted by Gasteiger charge is -1.94. The molecule has 3 heteroatoms. The van der Waals surface area contributed by atoms with E-state index in [1.54, 1.807) is 13.8 Å². The molecule has 0 aliphatic rings. The zero-order valence-corrected chi connectivity index (χ0v) is 4.34. The second kappa shape index (κ2) is 2.58. The van der Waals surface area contributed by atoms with Crippen LogP contribution in [0.15, 0.2) is 0 Å². The molecule has 0 aromatic rings. The molecule has 0 radical (unpaired) electrons. The second-order valence-corrected chi connectivity index (χ2v) is 1.57. The van der Waals surface area contributed by atoms with Gasteiger partial charge in [0.15, 0.2) is 0 Å². The first-order chi connectivity index (χ1) is 3.18. The normalized spacial score (nSPS) is 9.14. The molecule has 42 valence electrons. The van der Waals surface area contributed by atoms with Crippen LogP contribution in [0.25, 0.3) is 0 Å². The van der Waals surface area contributed by atoms with Crippen molar-refractivity contribution in [2.75, 3.05) is 0 Å². The Balaban J connectivity index is 3.35. The van der Waals surface area contributed by atoms with E-state index in [1.807, 2.05) is 0 Å². The highest BCUT2D eigenvalue weighted by atomic mass is 17.1. The lowest BCUT2D eigenvalue weighted by atomic mass is 10.2. The third-order valence-electron chi connectivity index (χ3n) is 0.561. The summed E-state index contributed by atoms with van der Waals surface area (Å²) in [5, 5.41) is 7.66. The topological polar surface area (TPSA) is 46.5 Å². The monoisotopic (exact) mass is 104 g/mol. The summed E-state index contributed by atoms with van der Waals surface area (Å²) in [6.45, 7) is 3.27. The van der Waals surface area contributed by atoms with E-state index in [-0.39, 0.29) is 5.92 Å². The average molecular weight is 104 g/mol. The highest BCUT2D eigenvalue weighted by molar-refractivity contribution is 5.70. The van der Waals surface area contributed by atoms with Crippen LogP contribution in [0, 0.1) is 5.92 Å². The highest BCUT2D eigenvalue weighted by Gasteiger charge is 2.05. The maximum atomic E-state index is 10.0. The van der Waals surface area contributed by atoms with E-state index < -0.39 is 5.97 Å². The third kappa shape index (κ3) is 2.17. The van der Waals surface area contributed by atoms with E-state index >= 15 is 0 Å². The summed E-state index contributed by atoms with van der Waals surface area (Å²) in [5.41, 5.74) is 0. The lowest BCUT2D eigenvalue weighted by molar-refractivity contribution is -0.237. The van der Waals surface area contributed by atoms with Gasteiger partial charge in [0.1, 0.15) is 0 Å². The maximum Gasteiger partial charge on any atom is 0.344 e. The molecule has 1 N–H and O–H groups in total. The average Bonchev–Trinajstić information content (AvgIpc) is 1.65. The number of carbonyl (C=O) groups excluding carboxylic acids is 1. The fraction of sp³-hybridized carbons (Fsp3) is 0.750. The Hall–Kier alpha value is -0.570. The SMILES string of the molecule is CC(C)C(=O)OO. The summed E-state index contributed by atoms with van der Waals surface area (Å²) >= 11 is 0. The lowest BCUT2D eigenvalue weighted by Crippen LogP contribution is -2.08. The zero-order chi connectivity index (χ0) is 5.86. The van der Waals surface area contributed by atoms with E-state index in [4.69, 9.17) is 5.26 Å². The number of hydrogen-bond acceptors (Lipinski definition) is 3. The number of rotatable bonds is 1. The predicted octanol–water partition coefficient (Wildman–Crippen LogP) is 0.659. The predicted molar refractivity (Wildman–Crippen MR) is 23.6 cm³/mol. The molecule has 0 spiro atoms. The van der Waals surface area contributed by atoms with Crippen LogP contribution >= 0.6 is 0 Å². The van der Waals surface area contributed by atoms with Gasteiger partial charge in [-0.3, -0.25) is 0 Å². The van der Waals surface area contributed by atoms with Gasteiger partial charge in [0.2, 0.25) is 0 Å². The van der Waals surface area contributed by atoms with Crippen LogP contribution in [-0.2, 0) is 9.68 Å². The van der Waals surface area contributed by atoms with Gasteiger partial charge in [0.25, 0.3) is 0 Å². The first kappa shape index (κ1) is 6.43.